The van der Waals surface area contributed by atoms with Crippen LogP contribution in [0.4, 0.5) is 0 Å². The number of aromatic nitrogens is 2. The lowest BCUT2D eigenvalue weighted by atomic mass is 9.94. The zero-order chi connectivity index (χ0) is 18.0. The average molecular weight is 409 g/mol. The Labute approximate surface area is 172 Å². The van der Waals surface area contributed by atoms with Gasteiger partial charge in [0.2, 0.25) is 5.91 Å². The first-order chi connectivity index (χ1) is 12.0. The van der Waals surface area contributed by atoms with E-state index in [1.807, 2.05) is 80.1 Å². The fourth-order valence-electron chi connectivity index (χ4n) is 3.09. The molecule has 0 saturated carbocycles. The van der Waals surface area contributed by atoms with Crippen molar-refractivity contribution in [2.75, 3.05) is 0 Å². The maximum atomic E-state index is 12.6. The number of nitrogens with zero attached hydrogens (tertiary/aromatic N) is 2. The summed E-state index contributed by atoms with van der Waals surface area (Å²) in [5, 5.41) is 3.05. The van der Waals surface area contributed by atoms with Crippen LogP contribution in [0, 0.1) is 5.92 Å². The molecule has 2 aromatic carbocycles. The van der Waals surface area contributed by atoms with Crippen LogP contribution >= 0.6 is 24.8 Å². The van der Waals surface area contributed by atoms with Gasteiger partial charge in [-0.25, -0.2) is 4.98 Å². The van der Waals surface area contributed by atoms with Crippen LogP contribution in [0.25, 0.3) is 11.0 Å². The first-order valence-corrected chi connectivity index (χ1v) is 8.51. The predicted octanol–water partition coefficient (Wildman–Crippen LogP) is 3.93. The molecule has 7 heteroatoms. The highest BCUT2D eigenvalue weighted by molar-refractivity contribution is 5.85. The summed E-state index contributed by atoms with van der Waals surface area (Å²) in [6.45, 7) is 3.80. The maximum absolute atomic E-state index is 12.6. The normalized spacial score (nSPS) is 13.8. The Hall–Kier alpha value is -2.08. The van der Waals surface area contributed by atoms with Crippen molar-refractivity contribution < 1.29 is 4.79 Å². The third kappa shape index (κ3) is 4.80. The lowest BCUT2D eigenvalue weighted by Gasteiger charge is -2.22. The van der Waals surface area contributed by atoms with Crippen LogP contribution in [0.3, 0.4) is 0 Å². The number of hydrogen-bond acceptors (Lipinski definition) is 3. The molecule has 0 bridgehead atoms. The van der Waals surface area contributed by atoms with Gasteiger partial charge in [-0.2, -0.15) is 0 Å². The molecule has 0 radical (unpaired) electrons. The molecule has 0 aliphatic carbocycles. The van der Waals surface area contributed by atoms with Gasteiger partial charge >= 0.3 is 0 Å². The third-order valence-corrected chi connectivity index (χ3v) is 4.70. The van der Waals surface area contributed by atoms with E-state index in [0.29, 0.717) is 0 Å². The van der Waals surface area contributed by atoms with Crippen molar-refractivity contribution >= 4 is 41.8 Å². The van der Waals surface area contributed by atoms with E-state index in [1.54, 1.807) is 0 Å². The van der Waals surface area contributed by atoms with Crippen LogP contribution in [-0.2, 0) is 11.8 Å². The molecular weight excluding hydrogens is 383 g/mol. The molecule has 1 heterocycles. The van der Waals surface area contributed by atoms with Crippen LogP contribution < -0.4 is 11.1 Å². The van der Waals surface area contributed by atoms with Crippen LogP contribution in [-0.4, -0.2) is 15.5 Å². The molecule has 3 rings (SSSR count). The summed E-state index contributed by atoms with van der Waals surface area (Å²) in [4.78, 5) is 17.3. The molecule has 3 aromatic rings. The Morgan fingerprint density at radius 3 is 2.26 bits per heavy atom. The number of rotatable bonds is 5. The van der Waals surface area contributed by atoms with Gasteiger partial charge in [0.25, 0.3) is 0 Å². The van der Waals surface area contributed by atoms with Crippen molar-refractivity contribution in [3.8, 4) is 0 Å². The smallest absolute Gasteiger partial charge is 0.225 e. The van der Waals surface area contributed by atoms with E-state index < -0.39 is 0 Å². The van der Waals surface area contributed by atoms with Gasteiger partial charge < -0.3 is 15.6 Å². The average Bonchev–Trinajstić information content (AvgIpc) is 2.98. The zero-order valence-electron chi connectivity index (χ0n) is 15.6. The molecule has 0 aliphatic rings. The van der Waals surface area contributed by atoms with E-state index in [2.05, 4.69) is 10.3 Å². The van der Waals surface area contributed by atoms with Gasteiger partial charge in [-0.1, -0.05) is 49.4 Å². The van der Waals surface area contributed by atoms with E-state index >= 15 is 0 Å². The topological polar surface area (TPSA) is 72.9 Å². The second kappa shape index (κ2) is 9.74. The first kappa shape index (κ1) is 23.0. The summed E-state index contributed by atoms with van der Waals surface area (Å²) in [5.74, 6) is 0.422. The Balaban J connectivity index is 0.00000182. The number of halogens is 2. The van der Waals surface area contributed by atoms with Crippen LogP contribution in [0.1, 0.15) is 37.3 Å². The number of imidazole rings is 1. The first-order valence-electron chi connectivity index (χ1n) is 8.51. The fraction of sp³-hybridized carbons (Fsp3) is 0.300. The van der Waals surface area contributed by atoms with Gasteiger partial charge in [-0.3, -0.25) is 4.79 Å². The molecule has 1 aromatic heterocycles. The monoisotopic (exact) mass is 408 g/mol. The van der Waals surface area contributed by atoms with Gasteiger partial charge in [0, 0.05) is 13.1 Å². The fourth-order valence-corrected chi connectivity index (χ4v) is 3.09. The number of nitrogens with two attached hydrogens (primary N) is 1. The van der Waals surface area contributed by atoms with E-state index in [1.165, 1.54) is 0 Å². The minimum Gasteiger partial charge on any atom is -0.346 e. The Morgan fingerprint density at radius 2 is 1.63 bits per heavy atom. The summed E-state index contributed by atoms with van der Waals surface area (Å²) in [6.07, 6.45) is 0. The Morgan fingerprint density at radius 1 is 1.04 bits per heavy atom. The van der Waals surface area contributed by atoms with Crippen molar-refractivity contribution in [2.45, 2.75) is 25.9 Å². The van der Waals surface area contributed by atoms with Crippen molar-refractivity contribution in [3.05, 3.63) is 66.0 Å². The second-order valence-electron chi connectivity index (χ2n) is 6.47. The standard InChI is InChI=1S/C20H24N4O.2ClH/c1-13(18(21)15-9-5-4-6-10-15)20(25)22-14(2)19-23-16-11-7-8-12-17(16)24(19)3;;/h4-14,18H,21H2,1-3H3,(H,22,25);2*1H. The van der Waals surface area contributed by atoms with Gasteiger partial charge in [0.15, 0.2) is 0 Å². The van der Waals surface area contributed by atoms with Crippen LogP contribution in [0.2, 0.25) is 0 Å². The molecule has 3 N–H and O–H groups in total. The minimum atomic E-state index is -0.339. The van der Waals surface area contributed by atoms with Crippen LogP contribution in [0.5, 0.6) is 0 Å². The second-order valence-corrected chi connectivity index (χ2v) is 6.47. The number of para-hydroxylation sites is 2. The number of carbonyl (C=O) groups excluding carboxylic acids is 1. The van der Waals surface area contributed by atoms with Gasteiger partial charge in [-0.15, -0.1) is 24.8 Å². The molecule has 0 spiro atoms. The van der Waals surface area contributed by atoms with Gasteiger partial charge in [0.1, 0.15) is 5.82 Å². The summed E-state index contributed by atoms with van der Waals surface area (Å²) in [6, 6.07) is 17.1. The van der Waals surface area contributed by atoms with Crippen molar-refractivity contribution in [2.24, 2.45) is 18.7 Å². The van der Waals surface area contributed by atoms with Crippen molar-refractivity contribution in [1.82, 2.24) is 14.9 Å². The summed E-state index contributed by atoms with van der Waals surface area (Å²) >= 11 is 0. The number of benzene rings is 2. The lowest BCUT2D eigenvalue weighted by molar-refractivity contribution is -0.125. The predicted molar refractivity (Wildman–Crippen MR) is 114 cm³/mol. The van der Waals surface area contributed by atoms with Gasteiger partial charge in [-0.05, 0) is 24.6 Å². The number of nitrogens with one attached hydrogen (secondary N) is 1. The lowest BCUT2D eigenvalue weighted by Crippen LogP contribution is -2.37. The largest absolute Gasteiger partial charge is 0.346 e. The van der Waals surface area contributed by atoms with E-state index in [4.69, 9.17) is 5.73 Å². The summed E-state index contributed by atoms with van der Waals surface area (Å²) < 4.78 is 2.02. The molecule has 146 valence electrons. The number of hydrogen-bond donors (Lipinski definition) is 2. The number of aryl methyl sites for hydroxylation is 1. The van der Waals surface area contributed by atoms with E-state index in [0.717, 1.165) is 22.4 Å². The Kier molecular flexibility index (Phi) is 8.28. The molecule has 3 atom stereocenters. The summed E-state index contributed by atoms with van der Waals surface area (Å²) in [5.41, 5.74) is 9.20. The Bertz CT molecular complexity index is 882. The molecule has 0 fully saturated rings. The highest BCUT2D eigenvalue weighted by Gasteiger charge is 2.25. The SMILES string of the molecule is CC(NC(=O)C(C)C(N)c1ccccc1)c1nc2ccccc2n1C.Cl.Cl. The molecular formula is C20H26Cl2N4O. The molecule has 5 nitrogen and oxygen atoms in total. The highest BCUT2D eigenvalue weighted by Crippen LogP contribution is 2.22. The van der Waals surface area contributed by atoms with E-state index in [-0.39, 0.29) is 48.7 Å². The molecule has 27 heavy (non-hydrogen) atoms. The highest BCUT2D eigenvalue weighted by atomic mass is 35.5. The molecule has 1 amide bonds. The van der Waals surface area contributed by atoms with E-state index in [9.17, 15) is 4.79 Å². The molecule has 3 unspecified atom stereocenters. The minimum absolute atomic E-state index is 0. The number of fused-ring (bicyclic) bond motifs is 1. The molecule has 0 aliphatic heterocycles. The number of carbonyl (C=O) groups is 1. The van der Waals surface area contributed by atoms with Crippen molar-refractivity contribution in [3.63, 3.8) is 0 Å². The zero-order valence-corrected chi connectivity index (χ0v) is 17.3. The van der Waals surface area contributed by atoms with Gasteiger partial charge in [0.05, 0.1) is 23.0 Å². The summed E-state index contributed by atoms with van der Waals surface area (Å²) in [7, 11) is 1.96. The van der Waals surface area contributed by atoms with Crippen molar-refractivity contribution in [1.29, 1.82) is 0 Å². The maximum Gasteiger partial charge on any atom is 0.225 e. The third-order valence-electron chi connectivity index (χ3n) is 4.70. The quantitative estimate of drug-likeness (QED) is 0.671. The number of amides is 1. The molecule has 0 saturated heterocycles. The van der Waals surface area contributed by atoms with Crippen LogP contribution in [0.15, 0.2) is 54.6 Å².